The van der Waals surface area contributed by atoms with Gasteiger partial charge in [-0.05, 0) is 56.2 Å². The third-order valence-electron chi connectivity index (χ3n) is 4.40. The number of likely N-dealkylation sites (tertiary alicyclic amines) is 1. The molecule has 0 spiro atoms. The van der Waals surface area contributed by atoms with Crippen LogP contribution in [0.25, 0.3) is 10.9 Å². The molecule has 2 aromatic rings. The van der Waals surface area contributed by atoms with Crippen molar-refractivity contribution in [2.24, 2.45) is 0 Å². The minimum absolute atomic E-state index is 0.440. The first-order valence-electron chi connectivity index (χ1n) is 7.07. The fourth-order valence-corrected chi connectivity index (χ4v) is 3.43. The molecule has 0 aliphatic carbocycles. The summed E-state index contributed by atoms with van der Waals surface area (Å²) in [6.45, 7) is 4.68. The van der Waals surface area contributed by atoms with Crippen molar-refractivity contribution in [2.75, 3.05) is 26.2 Å². The Morgan fingerprint density at radius 2 is 2.21 bits per heavy atom. The van der Waals surface area contributed by atoms with Crippen LogP contribution in [-0.4, -0.2) is 36.1 Å². The highest BCUT2D eigenvalue weighted by molar-refractivity contribution is 6.31. The first-order valence-corrected chi connectivity index (χ1v) is 7.45. The third-order valence-corrected chi connectivity index (χ3v) is 4.64. The number of nitrogens with zero attached hydrogens (tertiary/aromatic N) is 1. The van der Waals surface area contributed by atoms with Crippen LogP contribution in [0.4, 0.5) is 0 Å². The van der Waals surface area contributed by atoms with E-state index in [1.165, 1.54) is 41.7 Å². The van der Waals surface area contributed by atoms with Crippen LogP contribution in [0.3, 0.4) is 0 Å². The molecule has 100 valence electrons. The van der Waals surface area contributed by atoms with Crippen molar-refractivity contribution in [3.05, 3.63) is 34.5 Å². The smallest absolute Gasteiger partial charge is 0.0605 e. The molecule has 1 fully saturated rings. The molecule has 0 radical (unpaired) electrons. The van der Waals surface area contributed by atoms with Crippen molar-refractivity contribution >= 4 is 22.5 Å². The summed E-state index contributed by atoms with van der Waals surface area (Å²) < 4.78 is 0. The van der Waals surface area contributed by atoms with E-state index in [1.807, 2.05) is 6.07 Å². The highest BCUT2D eigenvalue weighted by Gasteiger charge is 2.27. The Labute approximate surface area is 117 Å². The molecule has 1 aromatic carbocycles. The van der Waals surface area contributed by atoms with Gasteiger partial charge in [0.15, 0.2) is 0 Å². The lowest BCUT2D eigenvalue weighted by atomic mass is 9.98. The Kier molecular flexibility index (Phi) is 2.79. The van der Waals surface area contributed by atoms with Gasteiger partial charge in [0, 0.05) is 28.2 Å². The third kappa shape index (κ3) is 1.97. The number of H-pyrrole nitrogens is 1. The van der Waals surface area contributed by atoms with Crippen LogP contribution >= 0.6 is 11.6 Å². The number of aromatic nitrogens is 1. The van der Waals surface area contributed by atoms with Crippen molar-refractivity contribution in [2.45, 2.75) is 18.9 Å². The molecule has 2 aliphatic rings. The molecule has 0 bridgehead atoms. The molecule has 2 N–H and O–H groups in total. The largest absolute Gasteiger partial charge is 0.357 e. The molecule has 3 nitrogen and oxygen atoms in total. The summed E-state index contributed by atoms with van der Waals surface area (Å²) in [7, 11) is 0. The average molecular weight is 276 g/mol. The molecule has 4 rings (SSSR count). The maximum atomic E-state index is 6.13. The van der Waals surface area contributed by atoms with E-state index < -0.39 is 0 Å². The van der Waals surface area contributed by atoms with Crippen LogP contribution in [0, 0.1) is 0 Å². The van der Waals surface area contributed by atoms with E-state index in [1.54, 1.807) is 0 Å². The molecule has 1 unspecified atom stereocenters. The van der Waals surface area contributed by atoms with Gasteiger partial charge < -0.3 is 15.2 Å². The molecule has 1 aromatic heterocycles. The fraction of sp³-hybridized carbons (Fsp3) is 0.467. The number of rotatable bonds is 2. The zero-order chi connectivity index (χ0) is 12.8. The van der Waals surface area contributed by atoms with Crippen LogP contribution in [-0.2, 0) is 6.42 Å². The second-order valence-corrected chi connectivity index (χ2v) is 6.05. The van der Waals surface area contributed by atoms with Crippen molar-refractivity contribution in [3.8, 4) is 0 Å². The Balaban J connectivity index is 1.75. The number of aromatic amines is 1. The van der Waals surface area contributed by atoms with Crippen LogP contribution < -0.4 is 5.32 Å². The maximum absolute atomic E-state index is 6.13. The van der Waals surface area contributed by atoms with Gasteiger partial charge in [-0.15, -0.1) is 0 Å². The van der Waals surface area contributed by atoms with E-state index in [4.69, 9.17) is 11.6 Å². The van der Waals surface area contributed by atoms with Crippen molar-refractivity contribution in [1.82, 2.24) is 15.2 Å². The molecule has 19 heavy (non-hydrogen) atoms. The summed E-state index contributed by atoms with van der Waals surface area (Å²) in [6, 6.07) is 6.59. The minimum atomic E-state index is 0.440. The van der Waals surface area contributed by atoms with Gasteiger partial charge in [-0.3, -0.25) is 0 Å². The van der Waals surface area contributed by atoms with Gasteiger partial charge in [0.2, 0.25) is 0 Å². The Morgan fingerprint density at radius 1 is 1.32 bits per heavy atom. The van der Waals surface area contributed by atoms with Crippen LogP contribution in [0.1, 0.15) is 23.7 Å². The molecule has 1 atom stereocenters. The zero-order valence-electron chi connectivity index (χ0n) is 10.9. The standard InChI is InChI=1S/C15H18ClN3/c16-10-2-3-13-12(8-10)11-4-5-17-14(15(11)18-13)9-19-6-1-7-19/h2-3,8,14,17-18H,1,4-7,9H2. The predicted molar refractivity (Wildman–Crippen MR) is 78.8 cm³/mol. The number of fused-ring (bicyclic) bond motifs is 3. The van der Waals surface area contributed by atoms with Crippen molar-refractivity contribution in [1.29, 1.82) is 0 Å². The van der Waals surface area contributed by atoms with E-state index in [0.717, 1.165) is 24.5 Å². The SMILES string of the molecule is Clc1ccc2[nH]c3c(c2c1)CCNC3CN1CCC1. The van der Waals surface area contributed by atoms with Gasteiger partial charge in [0.05, 0.1) is 6.04 Å². The second kappa shape index (κ2) is 4.51. The lowest BCUT2D eigenvalue weighted by Gasteiger charge is -2.35. The van der Waals surface area contributed by atoms with Crippen molar-refractivity contribution < 1.29 is 0 Å². The first kappa shape index (κ1) is 11.8. The van der Waals surface area contributed by atoms with Gasteiger partial charge in [0.25, 0.3) is 0 Å². The molecule has 0 saturated carbocycles. The maximum Gasteiger partial charge on any atom is 0.0605 e. The minimum Gasteiger partial charge on any atom is -0.357 e. The van der Waals surface area contributed by atoms with E-state index >= 15 is 0 Å². The summed E-state index contributed by atoms with van der Waals surface area (Å²) in [5.41, 5.74) is 4.05. The molecule has 1 saturated heterocycles. The normalized spacial score (nSPS) is 23.3. The fourth-order valence-electron chi connectivity index (χ4n) is 3.26. The summed E-state index contributed by atoms with van der Waals surface area (Å²) in [5.74, 6) is 0. The van der Waals surface area contributed by atoms with Gasteiger partial charge in [-0.1, -0.05) is 11.6 Å². The molecule has 0 amide bonds. The number of nitrogens with one attached hydrogen (secondary N) is 2. The number of hydrogen-bond acceptors (Lipinski definition) is 2. The van der Waals surface area contributed by atoms with Gasteiger partial charge in [-0.2, -0.15) is 0 Å². The monoisotopic (exact) mass is 275 g/mol. The summed E-state index contributed by atoms with van der Waals surface area (Å²) in [6.07, 6.45) is 2.44. The molecular formula is C15H18ClN3. The quantitative estimate of drug-likeness (QED) is 0.883. The molecule has 4 heteroatoms. The number of halogens is 1. The zero-order valence-corrected chi connectivity index (χ0v) is 11.6. The average Bonchev–Trinajstić information content (AvgIpc) is 2.73. The summed E-state index contributed by atoms with van der Waals surface area (Å²) in [5, 5.41) is 5.77. The second-order valence-electron chi connectivity index (χ2n) is 5.62. The number of benzene rings is 1. The van der Waals surface area contributed by atoms with Gasteiger partial charge >= 0.3 is 0 Å². The van der Waals surface area contributed by atoms with Crippen LogP contribution in [0.5, 0.6) is 0 Å². The lowest BCUT2D eigenvalue weighted by Crippen LogP contribution is -2.44. The molecule has 3 heterocycles. The van der Waals surface area contributed by atoms with E-state index in [0.29, 0.717) is 6.04 Å². The highest BCUT2D eigenvalue weighted by Crippen LogP contribution is 2.32. The first-order chi connectivity index (χ1) is 9.31. The summed E-state index contributed by atoms with van der Waals surface area (Å²) in [4.78, 5) is 6.12. The van der Waals surface area contributed by atoms with E-state index in [-0.39, 0.29) is 0 Å². The highest BCUT2D eigenvalue weighted by atomic mass is 35.5. The predicted octanol–water partition coefficient (Wildman–Crippen LogP) is 2.71. The number of hydrogen-bond donors (Lipinski definition) is 2. The Hall–Kier alpha value is -1.03. The van der Waals surface area contributed by atoms with Crippen molar-refractivity contribution in [3.63, 3.8) is 0 Å². The Bertz CT molecular complexity index is 615. The topological polar surface area (TPSA) is 31.1 Å². The van der Waals surface area contributed by atoms with Gasteiger partial charge in [0.1, 0.15) is 0 Å². The van der Waals surface area contributed by atoms with Crippen LogP contribution in [0.2, 0.25) is 5.02 Å². The van der Waals surface area contributed by atoms with Gasteiger partial charge in [-0.25, -0.2) is 0 Å². The van der Waals surface area contributed by atoms with E-state index in [9.17, 15) is 0 Å². The van der Waals surface area contributed by atoms with Crippen LogP contribution in [0.15, 0.2) is 18.2 Å². The molecule has 2 aliphatic heterocycles. The lowest BCUT2D eigenvalue weighted by molar-refractivity contribution is 0.159. The van der Waals surface area contributed by atoms with E-state index in [2.05, 4.69) is 27.3 Å². The Morgan fingerprint density at radius 3 is 3.00 bits per heavy atom. The summed E-state index contributed by atoms with van der Waals surface area (Å²) >= 11 is 6.13. The molecular weight excluding hydrogens is 258 g/mol.